The van der Waals surface area contributed by atoms with Crippen molar-refractivity contribution in [2.24, 2.45) is 5.92 Å². The van der Waals surface area contributed by atoms with Crippen LogP contribution in [0.25, 0.3) is 0 Å². The molecular formula is C10H23NO2S. The maximum atomic E-state index is 11.4. The monoisotopic (exact) mass is 221 g/mol. The second-order valence-electron chi connectivity index (χ2n) is 4.95. The van der Waals surface area contributed by atoms with Gasteiger partial charge in [-0.05, 0) is 26.7 Å². The zero-order valence-corrected chi connectivity index (χ0v) is 10.9. The highest BCUT2D eigenvalue weighted by molar-refractivity contribution is 7.92. The molecule has 0 fully saturated rings. The van der Waals surface area contributed by atoms with Gasteiger partial charge in [0.05, 0.1) is 4.75 Å². The van der Waals surface area contributed by atoms with Gasteiger partial charge in [0.15, 0.2) is 9.84 Å². The van der Waals surface area contributed by atoms with Gasteiger partial charge < -0.3 is 5.32 Å². The molecule has 0 aromatic heterocycles. The van der Waals surface area contributed by atoms with Gasteiger partial charge in [0.2, 0.25) is 0 Å². The van der Waals surface area contributed by atoms with Crippen LogP contribution in [0.2, 0.25) is 0 Å². The van der Waals surface area contributed by atoms with Crippen LogP contribution in [0.3, 0.4) is 0 Å². The fourth-order valence-corrected chi connectivity index (χ4v) is 1.12. The summed E-state index contributed by atoms with van der Waals surface area (Å²) in [7, 11) is -2.99. The Labute approximate surface area is 88.2 Å². The first-order chi connectivity index (χ1) is 6.08. The second kappa shape index (κ2) is 4.62. The molecule has 0 saturated heterocycles. The molecule has 4 heteroatoms. The summed E-state index contributed by atoms with van der Waals surface area (Å²) in [5, 5.41) is 3.25. The number of nitrogens with one attached hydrogen (secondary N) is 1. The minimum absolute atomic E-state index is 0.344. The first kappa shape index (κ1) is 13.9. The number of hydrogen-bond donors (Lipinski definition) is 1. The molecule has 0 aliphatic rings. The van der Waals surface area contributed by atoms with Crippen molar-refractivity contribution >= 4 is 9.84 Å². The Morgan fingerprint density at radius 2 is 1.64 bits per heavy atom. The molecule has 0 saturated carbocycles. The van der Waals surface area contributed by atoms with E-state index in [-0.39, 0.29) is 0 Å². The summed E-state index contributed by atoms with van der Waals surface area (Å²) >= 11 is 0. The van der Waals surface area contributed by atoms with Crippen LogP contribution < -0.4 is 5.32 Å². The predicted molar refractivity (Wildman–Crippen MR) is 61.2 cm³/mol. The van der Waals surface area contributed by atoms with Crippen molar-refractivity contribution < 1.29 is 8.42 Å². The van der Waals surface area contributed by atoms with Gasteiger partial charge in [-0.3, -0.25) is 0 Å². The smallest absolute Gasteiger partial charge is 0.153 e. The molecule has 14 heavy (non-hydrogen) atoms. The Morgan fingerprint density at radius 1 is 1.21 bits per heavy atom. The largest absolute Gasteiger partial charge is 0.312 e. The van der Waals surface area contributed by atoms with Crippen molar-refractivity contribution in [3.8, 4) is 0 Å². The van der Waals surface area contributed by atoms with E-state index in [2.05, 4.69) is 26.1 Å². The molecule has 1 atom stereocenters. The van der Waals surface area contributed by atoms with Crippen LogP contribution in [0.5, 0.6) is 0 Å². The lowest BCUT2D eigenvalue weighted by Crippen LogP contribution is -2.45. The van der Waals surface area contributed by atoms with Gasteiger partial charge >= 0.3 is 0 Å². The van der Waals surface area contributed by atoms with Gasteiger partial charge in [-0.15, -0.1) is 0 Å². The molecule has 0 aliphatic heterocycles. The highest BCUT2D eigenvalue weighted by atomic mass is 32.2. The first-order valence-corrected chi connectivity index (χ1v) is 6.90. The summed E-state index contributed by atoms with van der Waals surface area (Å²) in [5.41, 5.74) is 0. The van der Waals surface area contributed by atoms with E-state index < -0.39 is 14.6 Å². The topological polar surface area (TPSA) is 46.2 Å². The molecular weight excluding hydrogens is 198 g/mol. The van der Waals surface area contributed by atoms with Gasteiger partial charge in [0.25, 0.3) is 0 Å². The normalized spacial score (nSPS) is 15.9. The predicted octanol–water partition coefficient (Wildman–Crippen LogP) is 1.44. The van der Waals surface area contributed by atoms with E-state index in [0.717, 1.165) is 0 Å². The van der Waals surface area contributed by atoms with E-state index in [1.54, 1.807) is 13.8 Å². The molecule has 0 radical (unpaired) electrons. The summed E-state index contributed by atoms with van der Waals surface area (Å²) in [4.78, 5) is 0. The molecule has 1 unspecified atom stereocenters. The highest BCUT2D eigenvalue weighted by Crippen LogP contribution is 2.14. The average molecular weight is 221 g/mol. The molecule has 86 valence electrons. The van der Waals surface area contributed by atoms with Crippen molar-refractivity contribution in [1.29, 1.82) is 0 Å². The summed E-state index contributed by atoms with van der Waals surface area (Å²) in [6, 6.07) is 0.344. The molecule has 0 rings (SSSR count). The molecule has 3 nitrogen and oxygen atoms in total. The third-order valence-electron chi connectivity index (χ3n) is 2.85. The fourth-order valence-electron chi connectivity index (χ4n) is 0.774. The molecule has 0 heterocycles. The molecule has 0 aromatic carbocycles. The molecule has 0 spiro atoms. The van der Waals surface area contributed by atoms with Crippen LogP contribution >= 0.6 is 0 Å². The van der Waals surface area contributed by atoms with E-state index in [4.69, 9.17) is 0 Å². The molecule has 0 aromatic rings. The SMILES string of the molecule is CC(C)C(C)NCC(C)(C)S(C)(=O)=O. The zero-order chi connectivity index (χ0) is 11.6. The quantitative estimate of drug-likeness (QED) is 0.764. The Bertz CT molecular complexity index is 268. The summed E-state index contributed by atoms with van der Waals surface area (Å²) < 4.78 is 22.1. The fraction of sp³-hybridized carbons (Fsp3) is 1.00. The van der Waals surface area contributed by atoms with Gasteiger partial charge in [0.1, 0.15) is 0 Å². The summed E-state index contributed by atoms with van der Waals surface area (Å²) in [5.74, 6) is 0.519. The van der Waals surface area contributed by atoms with Crippen LogP contribution in [0, 0.1) is 5.92 Å². The number of rotatable bonds is 5. The third-order valence-corrected chi connectivity index (χ3v) is 5.01. The Balaban J connectivity index is 4.27. The van der Waals surface area contributed by atoms with E-state index in [1.807, 2.05) is 0 Å². The van der Waals surface area contributed by atoms with E-state index in [0.29, 0.717) is 18.5 Å². The summed E-state index contributed by atoms with van der Waals surface area (Å²) in [6.07, 6.45) is 1.29. The maximum Gasteiger partial charge on any atom is 0.153 e. The number of hydrogen-bond acceptors (Lipinski definition) is 3. The Hall–Kier alpha value is -0.0900. The minimum Gasteiger partial charge on any atom is -0.312 e. The zero-order valence-electron chi connectivity index (χ0n) is 10.1. The van der Waals surface area contributed by atoms with Crippen molar-refractivity contribution in [2.75, 3.05) is 12.8 Å². The maximum absolute atomic E-state index is 11.4. The van der Waals surface area contributed by atoms with Gasteiger partial charge in [-0.2, -0.15) is 0 Å². The van der Waals surface area contributed by atoms with Crippen molar-refractivity contribution in [1.82, 2.24) is 5.32 Å². The lowest BCUT2D eigenvalue weighted by molar-refractivity contribution is 0.404. The first-order valence-electron chi connectivity index (χ1n) is 5.01. The average Bonchev–Trinajstić information content (AvgIpc) is 1.97. The van der Waals surface area contributed by atoms with E-state index in [9.17, 15) is 8.42 Å². The Kier molecular flexibility index (Phi) is 4.59. The van der Waals surface area contributed by atoms with E-state index in [1.165, 1.54) is 6.26 Å². The molecule has 0 aliphatic carbocycles. The Morgan fingerprint density at radius 3 is 1.93 bits per heavy atom. The third kappa shape index (κ3) is 3.96. The van der Waals surface area contributed by atoms with Crippen molar-refractivity contribution in [3.05, 3.63) is 0 Å². The highest BCUT2D eigenvalue weighted by Gasteiger charge is 2.30. The minimum atomic E-state index is -2.99. The van der Waals surface area contributed by atoms with E-state index >= 15 is 0 Å². The van der Waals surface area contributed by atoms with Gasteiger partial charge in [-0.25, -0.2) is 8.42 Å². The van der Waals surface area contributed by atoms with Crippen LogP contribution in [-0.4, -0.2) is 32.0 Å². The van der Waals surface area contributed by atoms with Gasteiger partial charge in [-0.1, -0.05) is 13.8 Å². The standard InChI is InChI=1S/C10H23NO2S/c1-8(2)9(3)11-7-10(4,5)14(6,12)13/h8-9,11H,7H2,1-6H3. The molecule has 1 N–H and O–H groups in total. The van der Waals surface area contributed by atoms with Gasteiger partial charge in [0, 0.05) is 18.8 Å². The summed E-state index contributed by atoms with van der Waals surface area (Å²) in [6.45, 7) is 10.3. The van der Waals surface area contributed by atoms with Crippen molar-refractivity contribution in [2.45, 2.75) is 45.4 Å². The van der Waals surface area contributed by atoms with Crippen LogP contribution in [0.15, 0.2) is 0 Å². The lowest BCUT2D eigenvalue weighted by Gasteiger charge is -2.26. The lowest BCUT2D eigenvalue weighted by atomic mass is 10.1. The van der Waals surface area contributed by atoms with Crippen LogP contribution in [0.4, 0.5) is 0 Å². The molecule has 0 bridgehead atoms. The van der Waals surface area contributed by atoms with Crippen LogP contribution in [-0.2, 0) is 9.84 Å². The van der Waals surface area contributed by atoms with Crippen molar-refractivity contribution in [3.63, 3.8) is 0 Å². The second-order valence-corrected chi connectivity index (χ2v) is 7.59. The van der Waals surface area contributed by atoms with Crippen LogP contribution in [0.1, 0.15) is 34.6 Å². The number of sulfone groups is 1. The molecule has 0 amide bonds.